The van der Waals surface area contributed by atoms with Crippen LogP contribution in [0, 0.1) is 0 Å². The summed E-state index contributed by atoms with van der Waals surface area (Å²) < 4.78 is 0. The van der Waals surface area contributed by atoms with Crippen molar-refractivity contribution in [1.82, 2.24) is 9.88 Å². The van der Waals surface area contributed by atoms with Crippen LogP contribution in [0.3, 0.4) is 0 Å². The molecular formula is C19H20N2OS. The third-order valence-corrected chi connectivity index (χ3v) is 5.73. The van der Waals surface area contributed by atoms with E-state index in [9.17, 15) is 4.79 Å². The number of amides is 1. The number of nitrogens with one attached hydrogen (secondary N) is 1. The fourth-order valence-electron chi connectivity index (χ4n) is 3.62. The van der Waals surface area contributed by atoms with Crippen LogP contribution in [0.5, 0.6) is 0 Å². The van der Waals surface area contributed by atoms with Gasteiger partial charge in [0.2, 0.25) is 5.91 Å². The van der Waals surface area contributed by atoms with Crippen LogP contribution in [-0.2, 0) is 17.0 Å². The zero-order valence-electron chi connectivity index (χ0n) is 13.1. The molecule has 0 saturated carbocycles. The first-order valence-corrected chi connectivity index (χ1v) is 9.24. The molecule has 0 atom stereocenters. The lowest BCUT2D eigenvalue weighted by atomic mass is 9.95. The molecule has 0 saturated heterocycles. The number of hydrogen-bond acceptors (Lipinski definition) is 2. The first-order valence-electron chi connectivity index (χ1n) is 8.09. The minimum atomic E-state index is 0.0226. The van der Waals surface area contributed by atoms with Crippen molar-refractivity contribution in [3.05, 3.63) is 53.8 Å². The second-order valence-corrected chi connectivity index (χ2v) is 7.20. The Balaban J connectivity index is 1.80. The quantitative estimate of drug-likeness (QED) is 0.854. The number of rotatable bonds is 2. The average Bonchev–Trinajstić information content (AvgIpc) is 2.99. The SMILES string of the molecule is C=CC(=O)N1CCC=C(c2cccc3[nH]c4c(c23)CSCC4)C1. The van der Waals surface area contributed by atoms with Gasteiger partial charge >= 0.3 is 0 Å². The normalized spacial score (nSPS) is 17.7. The lowest BCUT2D eigenvalue weighted by Crippen LogP contribution is -2.34. The molecule has 0 spiro atoms. The average molecular weight is 324 g/mol. The number of aromatic nitrogens is 1. The standard InChI is InChI=1S/C19H20N2OS/c1-2-18(22)21-9-4-5-13(11-21)14-6-3-7-17-19(14)15-12-23-10-8-16(15)20-17/h2-3,5-7,20H,1,4,8-12H2. The molecule has 1 N–H and O–H groups in total. The van der Waals surface area contributed by atoms with E-state index in [1.165, 1.54) is 45.1 Å². The summed E-state index contributed by atoms with van der Waals surface area (Å²) in [6.45, 7) is 5.08. The minimum absolute atomic E-state index is 0.0226. The van der Waals surface area contributed by atoms with Gasteiger partial charge in [0, 0.05) is 35.4 Å². The van der Waals surface area contributed by atoms with E-state index in [1.807, 2.05) is 16.7 Å². The fourth-order valence-corrected chi connectivity index (χ4v) is 4.63. The molecule has 3 heterocycles. The molecule has 23 heavy (non-hydrogen) atoms. The second-order valence-electron chi connectivity index (χ2n) is 6.09. The van der Waals surface area contributed by atoms with Gasteiger partial charge in [0.25, 0.3) is 0 Å². The van der Waals surface area contributed by atoms with E-state index in [0.29, 0.717) is 6.54 Å². The molecule has 2 aliphatic rings. The van der Waals surface area contributed by atoms with Crippen molar-refractivity contribution in [3.63, 3.8) is 0 Å². The maximum atomic E-state index is 12.0. The molecule has 0 fully saturated rings. The molecule has 2 aromatic rings. The maximum absolute atomic E-state index is 12.0. The van der Waals surface area contributed by atoms with Crippen molar-refractivity contribution < 1.29 is 4.79 Å². The summed E-state index contributed by atoms with van der Waals surface area (Å²) in [5, 5.41) is 1.36. The summed E-state index contributed by atoms with van der Waals surface area (Å²) in [7, 11) is 0. The van der Waals surface area contributed by atoms with Crippen LogP contribution in [-0.4, -0.2) is 34.6 Å². The molecule has 0 aliphatic carbocycles. The number of thioether (sulfide) groups is 1. The summed E-state index contributed by atoms with van der Waals surface area (Å²) in [6.07, 6.45) is 5.73. The number of nitrogens with zero attached hydrogens (tertiary/aromatic N) is 1. The Bertz CT molecular complexity index is 818. The van der Waals surface area contributed by atoms with Gasteiger partial charge in [-0.15, -0.1) is 0 Å². The third-order valence-electron chi connectivity index (χ3n) is 4.74. The summed E-state index contributed by atoms with van der Waals surface area (Å²) in [6, 6.07) is 6.48. The lowest BCUT2D eigenvalue weighted by molar-refractivity contribution is -0.125. The van der Waals surface area contributed by atoms with Gasteiger partial charge in [0.15, 0.2) is 0 Å². The number of carbonyl (C=O) groups excluding carboxylic acids is 1. The fraction of sp³-hybridized carbons (Fsp3) is 0.316. The number of benzene rings is 1. The first-order chi connectivity index (χ1) is 11.3. The van der Waals surface area contributed by atoms with Crippen molar-refractivity contribution in [2.75, 3.05) is 18.8 Å². The van der Waals surface area contributed by atoms with Gasteiger partial charge in [0.05, 0.1) is 0 Å². The van der Waals surface area contributed by atoms with Crippen molar-refractivity contribution in [3.8, 4) is 0 Å². The van der Waals surface area contributed by atoms with E-state index in [1.54, 1.807) is 0 Å². The van der Waals surface area contributed by atoms with Gasteiger partial charge in [0.1, 0.15) is 0 Å². The number of aryl methyl sites for hydroxylation is 1. The van der Waals surface area contributed by atoms with E-state index in [4.69, 9.17) is 0 Å². The Morgan fingerprint density at radius 1 is 1.39 bits per heavy atom. The van der Waals surface area contributed by atoms with Gasteiger partial charge in [-0.25, -0.2) is 0 Å². The van der Waals surface area contributed by atoms with Crippen molar-refractivity contribution >= 4 is 34.1 Å². The van der Waals surface area contributed by atoms with Crippen LogP contribution in [0.4, 0.5) is 0 Å². The highest BCUT2D eigenvalue weighted by Gasteiger charge is 2.22. The van der Waals surface area contributed by atoms with E-state index in [0.717, 1.165) is 25.1 Å². The molecule has 3 nitrogen and oxygen atoms in total. The molecule has 118 valence electrons. The smallest absolute Gasteiger partial charge is 0.246 e. The van der Waals surface area contributed by atoms with Crippen molar-refractivity contribution in [2.24, 2.45) is 0 Å². The summed E-state index contributed by atoms with van der Waals surface area (Å²) >= 11 is 2.00. The minimum Gasteiger partial charge on any atom is -0.358 e. The molecule has 1 amide bonds. The first kappa shape index (κ1) is 14.6. The molecule has 2 aliphatic heterocycles. The highest BCUT2D eigenvalue weighted by molar-refractivity contribution is 7.98. The van der Waals surface area contributed by atoms with Crippen LogP contribution in [0.15, 0.2) is 36.9 Å². The molecule has 4 heteroatoms. The maximum Gasteiger partial charge on any atom is 0.246 e. The van der Waals surface area contributed by atoms with E-state index in [2.05, 4.69) is 35.8 Å². The van der Waals surface area contributed by atoms with Crippen LogP contribution >= 0.6 is 11.8 Å². The molecular weight excluding hydrogens is 304 g/mol. The zero-order chi connectivity index (χ0) is 15.8. The highest BCUT2D eigenvalue weighted by atomic mass is 32.2. The van der Waals surface area contributed by atoms with Crippen molar-refractivity contribution in [1.29, 1.82) is 0 Å². The van der Waals surface area contributed by atoms with Gasteiger partial charge in [-0.3, -0.25) is 4.79 Å². The number of carbonyl (C=O) groups is 1. The Hall–Kier alpha value is -1.94. The van der Waals surface area contributed by atoms with Crippen molar-refractivity contribution in [2.45, 2.75) is 18.6 Å². The number of aromatic amines is 1. The van der Waals surface area contributed by atoms with E-state index < -0.39 is 0 Å². The van der Waals surface area contributed by atoms with E-state index in [-0.39, 0.29) is 5.91 Å². The van der Waals surface area contributed by atoms with Crippen LogP contribution in [0.2, 0.25) is 0 Å². The molecule has 4 rings (SSSR count). The highest BCUT2D eigenvalue weighted by Crippen LogP contribution is 2.36. The molecule has 1 aromatic heterocycles. The predicted octanol–water partition coefficient (Wildman–Crippen LogP) is 3.76. The number of hydrogen-bond donors (Lipinski definition) is 1. The summed E-state index contributed by atoms with van der Waals surface area (Å²) in [4.78, 5) is 17.4. The van der Waals surface area contributed by atoms with Gasteiger partial charge < -0.3 is 9.88 Å². The monoisotopic (exact) mass is 324 g/mol. The largest absolute Gasteiger partial charge is 0.358 e. The van der Waals surface area contributed by atoms with Gasteiger partial charge in [-0.1, -0.05) is 24.8 Å². The Morgan fingerprint density at radius 2 is 2.30 bits per heavy atom. The molecule has 0 unspecified atom stereocenters. The molecule has 1 aromatic carbocycles. The summed E-state index contributed by atoms with van der Waals surface area (Å²) in [5.41, 5.74) is 6.61. The van der Waals surface area contributed by atoms with Crippen LogP contribution < -0.4 is 0 Å². The predicted molar refractivity (Wildman–Crippen MR) is 97.5 cm³/mol. The van der Waals surface area contributed by atoms with Gasteiger partial charge in [-0.05, 0) is 47.4 Å². The Kier molecular flexibility index (Phi) is 3.77. The molecule has 0 radical (unpaired) electrons. The van der Waals surface area contributed by atoms with Crippen LogP contribution in [0.1, 0.15) is 23.2 Å². The third kappa shape index (κ3) is 2.51. The van der Waals surface area contributed by atoms with Gasteiger partial charge in [-0.2, -0.15) is 11.8 Å². The van der Waals surface area contributed by atoms with Crippen LogP contribution in [0.25, 0.3) is 16.5 Å². The lowest BCUT2D eigenvalue weighted by Gasteiger charge is -2.27. The Morgan fingerprint density at radius 3 is 3.17 bits per heavy atom. The number of H-pyrrole nitrogens is 1. The second kappa shape index (κ2) is 5.93. The molecule has 0 bridgehead atoms. The summed E-state index contributed by atoms with van der Waals surface area (Å²) in [5.74, 6) is 2.29. The number of fused-ring (bicyclic) bond motifs is 3. The van der Waals surface area contributed by atoms with E-state index >= 15 is 0 Å². The zero-order valence-corrected chi connectivity index (χ0v) is 13.9. The topological polar surface area (TPSA) is 36.1 Å². The Labute approximate surface area is 140 Å².